The SMILES string of the molecule is CCC(C)C1CCN(C(C)(C)C)C1C(=O)C(C)(C)C. The number of hydrogen-bond donors (Lipinski definition) is 0. The van der Waals surface area contributed by atoms with Crippen LogP contribution in [0.15, 0.2) is 0 Å². The lowest BCUT2D eigenvalue weighted by atomic mass is 9.76. The van der Waals surface area contributed by atoms with E-state index < -0.39 is 0 Å². The Morgan fingerprint density at radius 2 is 1.74 bits per heavy atom. The van der Waals surface area contributed by atoms with Gasteiger partial charge in [-0.25, -0.2) is 0 Å². The highest BCUT2D eigenvalue weighted by molar-refractivity contribution is 5.89. The van der Waals surface area contributed by atoms with Crippen LogP contribution in [0.4, 0.5) is 0 Å². The van der Waals surface area contributed by atoms with Gasteiger partial charge < -0.3 is 0 Å². The monoisotopic (exact) mass is 267 g/mol. The van der Waals surface area contributed by atoms with Gasteiger partial charge in [0.15, 0.2) is 5.78 Å². The van der Waals surface area contributed by atoms with Crippen molar-refractivity contribution < 1.29 is 4.79 Å². The van der Waals surface area contributed by atoms with Crippen LogP contribution in [0.5, 0.6) is 0 Å². The molecule has 1 aliphatic rings. The van der Waals surface area contributed by atoms with Crippen LogP contribution in [-0.2, 0) is 4.79 Å². The van der Waals surface area contributed by atoms with Gasteiger partial charge in [-0.15, -0.1) is 0 Å². The predicted molar refractivity (Wildman–Crippen MR) is 82.3 cm³/mol. The largest absolute Gasteiger partial charge is 0.297 e. The molecule has 0 amide bonds. The maximum Gasteiger partial charge on any atom is 0.155 e. The average Bonchev–Trinajstić information content (AvgIpc) is 2.69. The quantitative estimate of drug-likeness (QED) is 0.766. The van der Waals surface area contributed by atoms with Crippen molar-refractivity contribution in [2.75, 3.05) is 6.54 Å². The Morgan fingerprint density at radius 1 is 1.21 bits per heavy atom. The van der Waals surface area contributed by atoms with E-state index in [-0.39, 0.29) is 17.0 Å². The Hall–Kier alpha value is -0.370. The van der Waals surface area contributed by atoms with Gasteiger partial charge in [0.1, 0.15) is 0 Å². The number of carbonyl (C=O) groups is 1. The van der Waals surface area contributed by atoms with E-state index in [2.05, 4.69) is 60.3 Å². The lowest BCUT2D eigenvalue weighted by Gasteiger charge is -2.41. The van der Waals surface area contributed by atoms with Gasteiger partial charge in [0.2, 0.25) is 0 Å². The van der Waals surface area contributed by atoms with E-state index in [0.29, 0.717) is 17.6 Å². The molecule has 1 fully saturated rings. The molecule has 0 radical (unpaired) electrons. The summed E-state index contributed by atoms with van der Waals surface area (Å²) in [5, 5.41) is 0. The summed E-state index contributed by atoms with van der Waals surface area (Å²) < 4.78 is 0. The molecule has 0 aromatic rings. The number of rotatable bonds is 3. The van der Waals surface area contributed by atoms with Crippen LogP contribution in [0.2, 0.25) is 0 Å². The zero-order valence-electron chi connectivity index (χ0n) is 14.2. The first-order valence-electron chi connectivity index (χ1n) is 7.81. The fourth-order valence-electron chi connectivity index (χ4n) is 3.25. The van der Waals surface area contributed by atoms with Crippen LogP contribution in [-0.4, -0.2) is 28.8 Å². The van der Waals surface area contributed by atoms with Crippen molar-refractivity contribution in [3.8, 4) is 0 Å². The third-order valence-corrected chi connectivity index (χ3v) is 4.69. The van der Waals surface area contributed by atoms with Gasteiger partial charge in [-0.05, 0) is 45.6 Å². The first-order valence-corrected chi connectivity index (χ1v) is 7.81. The summed E-state index contributed by atoms with van der Waals surface area (Å²) in [6.07, 6.45) is 2.33. The molecule has 3 unspecified atom stereocenters. The molecule has 2 nitrogen and oxygen atoms in total. The maximum absolute atomic E-state index is 12.9. The number of ketones is 1. The van der Waals surface area contributed by atoms with Crippen LogP contribution < -0.4 is 0 Å². The van der Waals surface area contributed by atoms with Gasteiger partial charge in [-0.3, -0.25) is 9.69 Å². The molecule has 19 heavy (non-hydrogen) atoms. The zero-order chi connectivity index (χ0) is 15.0. The molecule has 0 aromatic carbocycles. The van der Waals surface area contributed by atoms with Crippen molar-refractivity contribution in [3.63, 3.8) is 0 Å². The van der Waals surface area contributed by atoms with Gasteiger partial charge in [0, 0.05) is 11.0 Å². The van der Waals surface area contributed by atoms with Crippen molar-refractivity contribution in [1.29, 1.82) is 0 Å². The van der Waals surface area contributed by atoms with Gasteiger partial charge in [-0.1, -0.05) is 41.0 Å². The zero-order valence-corrected chi connectivity index (χ0v) is 14.2. The molecule has 0 aromatic heterocycles. The van der Waals surface area contributed by atoms with E-state index in [4.69, 9.17) is 0 Å². The van der Waals surface area contributed by atoms with Crippen LogP contribution in [0, 0.1) is 17.3 Å². The van der Waals surface area contributed by atoms with Crippen LogP contribution >= 0.6 is 0 Å². The molecule has 3 atom stereocenters. The van der Waals surface area contributed by atoms with E-state index in [1.54, 1.807) is 0 Å². The molecule has 0 bridgehead atoms. The molecule has 1 aliphatic heterocycles. The van der Waals surface area contributed by atoms with E-state index in [1.165, 1.54) is 6.42 Å². The van der Waals surface area contributed by atoms with Gasteiger partial charge in [0.05, 0.1) is 6.04 Å². The second kappa shape index (κ2) is 5.55. The summed E-state index contributed by atoms with van der Waals surface area (Å²) in [4.78, 5) is 15.4. The molecule has 0 spiro atoms. The molecule has 1 heterocycles. The van der Waals surface area contributed by atoms with Crippen LogP contribution in [0.3, 0.4) is 0 Å². The highest BCUT2D eigenvalue weighted by Crippen LogP contribution is 2.39. The minimum Gasteiger partial charge on any atom is -0.297 e. The Labute approximate surface area is 119 Å². The molecule has 2 heteroatoms. The van der Waals surface area contributed by atoms with Gasteiger partial charge >= 0.3 is 0 Å². The van der Waals surface area contributed by atoms with Crippen LogP contribution in [0.1, 0.15) is 68.2 Å². The second-order valence-electron chi connectivity index (χ2n) is 8.26. The fraction of sp³-hybridized carbons (Fsp3) is 0.941. The molecular formula is C17H33NO. The molecule has 112 valence electrons. The predicted octanol–water partition coefficient (Wildman–Crippen LogP) is 4.14. The Bertz CT molecular complexity index is 321. The minimum absolute atomic E-state index is 0.0772. The normalized spacial score (nSPS) is 27.6. The van der Waals surface area contributed by atoms with Crippen LogP contribution in [0.25, 0.3) is 0 Å². The average molecular weight is 267 g/mol. The number of nitrogens with zero attached hydrogens (tertiary/aromatic N) is 1. The minimum atomic E-state index is -0.246. The van der Waals surface area contributed by atoms with E-state index in [0.717, 1.165) is 13.0 Å². The van der Waals surface area contributed by atoms with Crippen molar-refractivity contribution in [3.05, 3.63) is 0 Å². The topological polar surface area (TPSA) is 20.3 Å². The fourth-order valence-corrected chi connectivity index (χ4v) is 3.25. The van der Waals surface area contributed by atoms with Crippen molar-refractivity contribution in [2.45, 2.75) is 79.8 Å². The first-order chi connectivity index (χ1) is 8.50. The Balaban J connectivity index is 3.09. The summed E-state index contributed by atoms with van der Waals surface area (Å²) in [7, 11) is 0. The summed E-state index contributed by atoms with van der Waals surface area (Å²) in [5.74, 6) is 1.57. The Morgan fingerprint density at radius 3 is 2.11 bits per heavy atom. The van der Waals surface area contributed by atoms with Gasteiger partial charge in [-0.2, -0.15) is 0 Å². The lowest BCUT2D eigenvalue weighted by molar-refractivity contribution is -0.134. The lowest BCUT2D eigenvalue weighted by Crippen LogP contribution is -2.53. The summed E-state index contributed by atoms with van der Waals surface area (Å²) in [5.41, 5.74) is -0.169. The molecule has 1 rings (SSSR count). The maximum atomic E-state index is 12.9. The summed E-state index contributed by atoms with van der Waals surface area (Å²) in [6.45, 7) is 18.5. The standard InChI is InChI=1S/C17H33NO/c1-9-12(2)13-10-11-18(17(6,7)8)14(13)15(19)16(3,4)5/h12-14H,9-11H2,1-8H3. The van der Waals surface area contributed by atoms with E-state index in [1.807, 2.05) is 0 Å². The highest BCUT2D eigenvalue weighted by atomic mass is 16.1. The number of likely N-dealkylation sites (tertiary alicyclic amines) is 1. The van der Waals surface area contributed by atoms with E-state index >= 15 is 0 Å². The summed E-state index contributed by atoms with van der Waals surface area (Å²) >= 11 is 0. The molecule has 0 aliphatic carbocycles. The second-order valence-corrected chi connectivity index (χ2v) is 8.26. The first kappa shape index (κ1) is 16.7. The summed E-state index contributed by atoms with van der Waals surface area (Å²) in [6, 6.07) is 0.106. The number of Topliss-reactive ketones (excluding diaryl/α,β-unsaturated/α-hetero) is 1. The number of carbonyl (C=O) groups excluding carboxylic acids is 1. The molecule has 1 saturated heterocycles. The number of hydrogen-bond acceptors (Lipinski definition) is 2. The molecule has 0 N–H and O–H groups in total. The Kier molecular flexibility index (Phi) is 4.88. The van der Waals surface area contributed by atoms with Gasteiger partial charge in [0.25, 0.3) is 0 Å². The van der Waals surface area contributed by atoms with E-state index in [9.17, 15) is 4.79 Å². The molecule has 0 saturated carbocycles. The third kappa shape index (κ3) is 3.59. The van der Waals surface area contributed by atoms with Crippen molar-refractivity contribution in [1.82, 2.24) is 4.90 Å². The smallest absolute Gasteiger partial charge is 0.155 e. The molecular weight excluding hydrogens is 234 g/mol. The van der Waals surface area contributed by atoms with Crippen molar-refractivity contribution in [2.24, 2.45) is 17.3 Å². The highest BCUT2D eigenvalue weighted by Gasteiger charge is 2.47. The van der Waals surface area contributed by atoms with Crippen molar-refractivity contribution >= 4 is 5.78 Å². The third-order valence-electron chi connectivity index (χ3n) is 4.69.